The van der Waals surface area contributed by atoms with Gasteiger partial charge in [-0.25, -0.2) is 0 Å². The Morgan fingerprint density at radius 3 is 2.63 bits per heavy atom. The van der Waals surface area contributed by atoms with E-state index in [1.54, 1.807) is 19.0 Å². The van der Waals surface area contributed by atoms with Crippen LogP contribution in [0.2, 0.25) is 0 Å². The highest BCUT2D eigenvalue weighted by Crippen LogP contribution is 2.35. The zero-order valence-electron chi connectivity index (χ0n) is 15.5. The molecule has 3 rings (SSSR count). The molecule has 2 aromatic carbocycles. The molecule has 7 heteroatoms. The first-order valence-corrected chi connectivity index (χ1v) is 9.35. The fourth-order valence-electron chi connectivity index (χ4n) is 2.42. The van der Waals surface area contributed by atoms with Crippen LogP contribution in [0.4, 0.5) is 0 Å². The molecule has 0 N–H and O–H groups in total. The minimum absolute atomic E-state index is 0.0399. The summed E-state index contributed by atoms with van der Waals surface area (Å²) in [5.74, 6) is 1.07. The molecule has 0 spiro atoms. The summed E-state index contributed by atoms with van der Waals surface area (Å²) >= 11 is 1.24. The molecule has 3 aromatic rings. The maximum absolute atomic E-state index is 12.6. The predicted octanol–water partition coefficient (Wildman–Crippen LogP) is 3.88. The number of rotatable bonds is 7. The second kappa shape index (κ2) is 8.73. The first-order chi connectivity index (χ1) is 13.0. The van der Waals surface area contributed by atoms with Crippen molar-refractivity contribution in [2.75, 3.05) is 14.1 Å². The smallest absolute Gasteiger partial charge is 0.277 e. The minimum Gasteiger partial charge on any atom is -0.484 e. The highest BCUT2D eigenvalue weighted by atomic mass is 32.2. The van der Waals surface area contributed by atoms with Gasteiger partial charge in [-0.15, -0.1) is 10.2 Å². The summed E-state index contributed by atoms with van der Waals surface area (Å²) in [5.41, 5.74) is 2.00. The monoisotopic (exact) mass is 383 g/mol. The lowest BCUT2D eigenvalue weighted by atomic mass is 10.1. The van der Waals surface area contributed by atoms with Gasteiger partial charge in [0, 0.05) is 14.1 Å². The molecule has 0 bridgehead atoms. The molecule has 0 saturated carbocycles. The first-order valence-electron chi connectivity index (χ1n) is 8.47. The number of benzene rings is 2. The Morgan fingerprint density at radius 2 is 1.93 bits per heavy atom. The van der Waals surface area contributed by atoms with E-state index in [9.17, 15) is 4.79 Å². The van der Waals surface area contributed by atoms with Gasteiger partial charge in [-0.05, 0) is 41.9 Å². The maximum Gasteiger partial charge on any atom is 0.277 e. The molecule has 0 saturated heterocycles. The number of carbonyl (C=O) groups is 1. The Hall–Kier alpha value is -2.80. The van der Waals surface area contributed by atoms with Crippen LogP contribution in [0.25, 0.3) is 0 Å². The molecule has 27 heavy (non-hydrogen) atoms. The van der Waals surface area contributed by atoms with Crippen LogP contribution in [-0.4, -0.2) is 35.1 Å². The lowest BCUT2D eigenvalue weighted by Gasteiger charge is -2.18. The summed E-state index contributed by atoms with van der Waals surface area (Å²) in [6.45, 7) is 2.18. The van der Waals surface area contributed by atoms with Gasteiger partial charge < -0.3 is 14.1 Å². The van der Waals surface area contributed by atoms with Gasteiger partial charge in [0.1, 0.15) is 11.0 Å². The van der Waals surface area contributed by atoms with Crippen molar-refractivity contribution in [1.29, 1.82) is 0 Å². The van der Waals surface area contributed by atoms with Gasteiger partial charge in [0.05, 0.1) is 0 Å². The third-order valence-corrected chi connectivity index (χ3v) is 4.86. The van der Waals surface area contributed by atoms with Crippen LogP contribution in [0, 0.1) is 6.92 Å². The van der Waals surface area contributed by atoms with Gasteiger partial charge in [-0.1, -0.05) is 42.5 Å². The van der Waals surface area contributed by atoms with Gasteiger partial charge in [-0.2, -0.15) is 0 Å². The SMILES string of the molecule is Cc1cccc(OCc2nnc(SC(C(=O)N(C)C)c3ccccc3)o2)c1. The topological polar surface area (TPSA) is 68.5 Å². The van der Waals surface area contributed by atoms with Crippen LogP contribution in [0.15, 0.2) is 64.2 Å². The number of aromatic nitrogens is 2. The van der Waals surface area contributed by atoms with E-state index in [4.69, 9.17) is 9.15 Å². The third-order valence-electron chi connectivity index (χ3n) is 3.79. The van der Waals surface area contributed by atoms with Crippen molar-refractivity contribution >= 4 is 17.7 Å². The molecular formula is C20H21N3O3S. The van der Waals surface area contributed by atoms with Crippen LogP contribution < -0.4 is 4.74 Å². The quantitative estimate of drug-likeness (QED) is 0.577. The zero-order valence-corrected chi connectivity index (χ0v) is 16.3. The average molecular weight is 383 g/mol. The number of ether oxygens (including phenoxy) is 1. The summed E-state index contributed by atoms with van der Waals surface area (Å²) in [6, 6.07) is 17.3. The lowest BCUT2D eigenvalue weighted by molar-refractivity contribution is -0.128. The van der Waals surface area contributed by atoms with Gasteiger partial charge >= 0.3 is 0 Å². The van der Waals surface area contributed by atoms with Crippen molar-refractivity contribution in [3.63, 3.8) is 0 Å². The number of hydrogen-bond acceptors (Lipinski definition) is 6. The highest BCUT2D eigenvalue weighted by molar-refractivity contribution is 8.00. The van der Waals surface area contributed by atoms with Crippen molar-refractivity contribution in [2.45, 2.75) is 24.0 Å². The van der Waals surface area contributed by atoms with E-state index in [1.165, 1.54) is 11.8 Å². The summed E-state index contributed by atoms with van der Waals surface area (Å²) in [6.07, 6.45) is 0. The fourth-order valence-corrected chi connectivity index (χ4v) is 3.46. The molecule has 1 aromatic heterocycles. The van der Waals surface area contributed by atoms with Crippen LogP contribution >= 0.6 is 11.8 Å². The molecule has 1 unspecified atom stereocenters. The van der Waals surface area contributed by atoms with Gasteiger partial charge in [0.25, 0.3) is 11.1 Å². The Bertz CT molecular complexity index is 896. The van der Waals surface area contributed by atoms with Crippen LogP contribution in [0.5, 0.6) is 5.75 Å². The molecule has 0 aliphatic heterocycles. The Morgan fingerprint density at radius 1 is 1.15 bits per heavy atom. The molecule has 6 nitrogen and oxygen atoms in total. The molecule has 140 valence electrons. The maximum atomic E-state index is 12.6. The van der Waals surface area contributed by atoms with Crippen molar-refractivity contribution < 1.29 is 13.9 Å². The number of aryl methyl sites for hydroxylation is 1. The average Bonchev–Trinajstić information content (AvgIpc) is 3.12. The number of likely N-dealkylation sites (N-methyl/N-ethyl adjacent to an activating group) is 1. The molecule has 1 amide bonds. The molecule has 1 atom stereocenters. The number of hydrogen-bond donors (Lipinski definition) is 0. The van der Waals surface area contributed by atoms with E-state index < -0.39 is 5.25 Å². The van der Waals surface area contributed by atoms with Crippen LogP contribution in [0.3, 0.4) is 0 Å². The van der Waals surface area contributed by atoms with Gasteiger partial charge in [0.15, 0.2) is 6.61 Å². The van der Waals surface area contributed by atoms with Crippen LogP contribution in [-0.2, 0) is 11.4 Å². The molecule has 0 fully saturated rings. The van der Waals surface area contributed by atoms with Gasteiger partial charge in [-0.3, -0.25) is 4.79 Å². The summed E-state index contributed by atoms with van der Waals surface area (Å²) in [5, 5.41) is 7.95. The molecule has 0 radical (unpaired) electrons. The summed E-state index contributed by atoms with van der Waals surface area (Å²) < 4.78 is 11.3. The number of nitrogens with zero attached hydrogens (tertiary/aromatic N) is 3. The highest BCUT2D eigenvalue weighted by Gasteiger charge is 2.26. The molecule has 0 aliphatic carbocycles. The van der Waals surface area contributed by atoms with E-state index in [0.29, 0.717) is 11.1 Å². The van der Waals surface area contributed by atoms with Crippen LogP contribution in [0.1, 0.15) is 22.3 Å². The summed E-state index contributed by atoms with van der Waals surface area (Å²) in [4.78, 5) is 14.1. The van der Waals surface area contributed by atoms with Crippen molar-refractivity contribution in [1.82, 2.24) is 15.1 Å². The predicted molar refractivity (Wildman–Crippen MR) is 104 cm³/mol. The fraction of sp³-hybridized carbons (Fsp3) is 0.250. The lowest BCUT2D eigenvalue weighted by Crippen LogP contribution is -2.26. The number of thioether (sulfide) groups is 1. The van der Waals surface area contributed by atoms with Crippen molar-refractivity contribution in [2.24, 2.45) is 0 Å². The minimum atomic E-state index is -0.452. The molecule has 1 heterocycles. The standard InChI is InChI=1S/C20H21N3O3S/c1-14-8-7-11-16(12-14)25-13-17-21-22-20(26-17)27-18(19(24)23(2)3)15-9-5-4-6-10-15/h4-12,18H,13H2,1-3H3. The van der Waals surface area contributed by atoms with E-state index in [2.05, 4.69) is 10.2 Å². The number of amides is 1. The number of carbonyl (C=O) groups excluding carboxylic acids is 1. The van der Waals surface area contributed by atoms with E-state index in [-0.39, 0.29) is 12.5 Å². The van der Waals surface area contributed by atoms with E-state index in [1.807, 2.05) is 61.5 Å². The first kappa shape index (κ1) is 19.0. The molecule has 0 aliphatic rings. The second-order valence-electron chi connectivity index (χ2n) is 6.21. The van der Waals surface area contributed by atoms with E-state index >= 15 is 0 Å². The summed E-state index contributed by atoms with van der Waals surface area (Å²) in [7, 11) is 3.46. The second-order valence-corrected chi connectivity index (χ2v) is 7.26. The Balaban J connectivity index is 1.69. The Kier molecular flexibility index (Phi) is 6.13. The third kappa shape index (κ3) is 5.10. The van der Waals surface area contributed by atoms with Crippen molar-refractivity contribution in [3.05, 3.63) is 71.6 Å². The largest absolute Gasteiger partial charge is 0.484 e. The van der Waals surface area contributed by atoms with Gasteiger partial charge in [0.2, 0.25) is 5.91 Å². The normalized spacial score (nSPS) is 11.8. The zero-order chi connectivity index (χ0) is 19.2. The van der Waals surface area contributed by atoms with E-state index in [0.717, 1.165) is 16.9 Å². The Labute approximate surface area is 162 Å². The van der Waals surface area contributed by atoms with Crippen molar-refractivity contribution in [3.8, 4) is 5.75 Å². The molecular weight excluding hydrogens is 362 g/mol.